The summed E-state index contributed by atoms with van der Waals surface area (Å²) in [5.41, 5.74) is -0.122. The maximum Gasteiger partial charge on any atom is 0.0515 e. The van der Waals surface area contributed by atoms with Crippen molar-refractivity contribution in [3.05, 3.63) is 12.2 Å². The first kappa shape index (κ1) is 7.32. The van der Waals surface area contributed by atoms with E-state index in [4.69, 9.17) is 10.2 Å². The van der Waals surface area contributed by atoms with Crippen molar-refractivity contribution < 1.29 is 10.2 Å². The molecule has 2 N–H and O–H groups in total. The van der Waals surface area contributed by atoms with Crippen molar-refractivity contribution >= 4 is 0 Å². The van der Waals surface area contributed by atoms with Crippen molar-refractivity contribution in [1.82, 2.24) is 0 Å². The van der Waals surface area contributed by atoms with Crippen LogP contribution in [0, 0.1) is 17.3 Å². The number of rotatable bonds is 2. The maximum absolute atomic E-state index is 9.10. The zero-order valence-corrected chi connectivity index (χ0v) is 6.53. The van der Waals surface area contributed by atoms with E-state index in [2.05, 4.69) is 12.2 Å². The van der Waals surface area contributed by atoms with Crippen molar-refractivity contribution in [2.24, 2.45) is 17.3 Å². The Balaban J connectivity index is 2.10. The summed E-state index contributed by atoms with van der Waals surface area (Å²) in [7, 11) is 0. The summed E-state index contributed by atoms with van der Waals surface area (Å²) in [4.78, 5) is 0. The number of aliphatic hydroxyl groups excluding tert-OH is 2. The lowest BCUT2D eigenvalue weighted by Crippen LogP contribution is -2.16. The number of hydrogen-bond donors (Lipinski definition) is 2. The van der Waals surface area contributed by atoms with E-state index in [1.807, 2.05) is 0 Å². The fraction of sp³-hybridized carbons (Fsp3) is 0.778. The molecule has 2 unspecified atom stereocenters. The predicted molar refractivity (Wildman–Crippen MR) is 42.0 cm³/mol. The van der Waals surface area contributed by atoms with Crippen LogP contribution < -0.4 is 0 Å². The summed E-state index contributed by atoms with van der Waals surface area (Å²) in [6, 6.07) is 0. The molecule has 2 atom stereocenters. The molecular formula is C9H14O2. The largest absolute Gasteiger partial charge is 0.396 e. The average molecular weight is 154 g/mol. The lowest BCUT2D eigenvalue weighted by atomic mass is 10.0. The summed E-state index contributed by atoms with van der Waals surface area (Å²) in [6.45, 7) is 0.307. The van der Waals surface area contributed by atoms with E-state index in [1.165, 1.54) is 0 Å². The van der Waals surface area contributed by atoms with Gasteiger partial charge in [-0.2, -0.15) is 0 Å². The highest BCUT2D eigenvalue weighted by Gasteiger charge is 2.62. The first-order chi connectivity index (χ1) is 5.35. The third kappa shape index (κ3) is 0.797. The molecule has 2 rings (SSSR count). The van der Waals surface area contributed by atoms with Gasteiger partial charge in [0.1, 0.15) is 0 Å². The van der Waals surface area contributed by atoms with Gasteiger partial charge in [0.25, 0.3) is 0 Å². The fourth-order valence-electron chi connectivity index (χ4n) is 2.47. The Hall–Kier alpha value is -0.340. The molecule has 0 heterocycles. The normalized spacial score (nSPS) is 38.4. The molecule has 1 fully saturated rings. The molecule has 0 amide bonds. The first-order valence-corrected chi connectivity index (χ1v) is 4.22. The Labute approximate surface area is 66.5 Å². The van der Waals surface area contributed by atoms with Gasteiger partial charge in [0, 0.05) is 5.41 Å². The molecular weight excluding hydrogens is 140 g/mol. The average Bonchev–Trinajstić information content (AvgIpc) is 2.74. The van der Waals surface area contributed by atoms with Gasteiger partial charge in [0.05, 0.1) is 13.2 Å². The van der Waals surface area contributed by atoms with Crippen molar-refractivity contribution in [1.29, 1.82) is 0 Å². The fourth-order valence-corrected chi connectivity index (χ4v) is 2.47. The van der Waals surface area contributed by atoms with Crippen molar-refractivity contribution in [2.75, 3.05) is 13.2 Å². The molecule has 0 bridgehead atoms. The molecule has 0 aliphatic heterocycles. The highest BCUT2D eigenvalue weighted by atomic mass is 16.3. The molecule has 0 aromatic carbocycles. The summed E-state index contributed by atoms with van der Waals surface area (Å²) >= 11 is 0. The molecule has 2 aliphatic carbocycles. The maximum atomic E-state index is 9.10. The van der Waals surface area contributed by atoms with E-state index >= 15 is 0 Å². The predicted octanol–water partition coefficient (Wildman–Crippen LogP) is 0.553. The van der Waals surface area contributed by atoms with Gasteiger partial charge in [0.15, 0.2) is 0 Å². The lowest BCUT2D eigenvalue weighted by molar-refractivity contribution is 0.113. The van der Waals surface area contributed by atoms with Gasteiger partial charge in [-0.1, -0.05) is 12.2 Å². The molecule has 0 radical (unpaired) electrons. The van der Waals surface area contributed by atoms with Gasteiger partial charge < -0.3 is 10.2 Å². The van der Waals surface area contributed by atoms with Crippen LogP contribution in [0.25, 0.3) is 0 Å². The highest BCUT2D eigenvalue weighted by Crippen LogP contribution is 2.63. The van der Waals surface area contributed by atoms with E-state index < -0.39 is 0 Å². The molecule has 11 heavy (non-hydrogen) atoms. The SMILES string of the molecule is OCC1(CO)C2CC=CCC21. The van der Waals surface area contributed by atoms with Gasteiger partial charge in [-0.15, -0.1) is 0 Å². The Kier molecular flexibility index (Phi) is 1.55. The Morgan fingerprint density at radius 3 is 1.91 bits per heavy atom. The van der Waals surface area contributed by atoms with E-state index in [-0.39, 0.29) is 18.6 Å². The Morgan fingerprint density at radius 1 is 1.09 bits per heavy atom. The van der Waals surface area contributed by atoms with E-state index in [0.717, 1.165) is 12.8 Å². The molecule has 1 saturated carbocycles. The molecule has 0 aromatic rings. The molecule has 0 aromatic heterocycles. The topological polar surface area (TPSA) is 40.5 Å². The summed E-state index contributed by atoms with van der Waals surface area (Å²) in [5, 5.41) is 18.2. The van der Waals surface area contributed by atoms with Crippen LogP contribution in [0.15, 0.2) is 12.2 Å². The third-order valence-corrected chi connectivity index (χ3v) is 3.39. The number of fused-ring (bicyclic) bond motifs is 1. The number of allylic oxidation sites excluding steroid dienone is 2. The highest BCUT2D eigenvalue weighted by molar-refractivity contribution is 5.17. The number of hydrogen-bond acceptors (Lipinski definition) is 2. The Bertz CT molecular complexity index is 166. The van der Waals surface area contributed by atoms with Crippen LogP contribution in [0.5, 0.6) is 0 Å². The van der Waals surface area contributed by atoms with Crippen LogP contribution in [0.4, 0.5) is 0 Å². The van der Waals surface area contributed by atoms with E-state index in [1.54, 1.807) is 0 Å². The minimum Gasteiger partial charge on any atom is -0.396 e. The van der Waals surface area contributed by atoms with Gasteiger partial charge >= 0.3 is 0 Å². The third-order valence-electron chi connectivity index (χ3n) is 3.39. The minimum atomic E-state index is -0.122. The molecule has 0 saturated heterocycles. The molecule has 0 spiro atoms. The van der Waals surface area contributed by atoms with Gasteiger partial charge in [-0.3, -0.25) is 0 Å². The summed E-state index contributed by atoms with van der Waals surface area (Å²) in [5.74, 6) is 1.12. The van der Waals surface area contributed by atoms with E-state index in [0.29, 0.717) is 11.8 Å². The van der Waals surface area contributed by atoms with Crippen molar-refractivity contribution in [3.8, 4) is 0 Å². The Morgan fingerprint density at radius 2 is 1.55 bits per heavy atom. The smallest absolute Gasteiger partial charge is 0.0515 e. The van der Waals surface area contributed by atoms with E-state index in [9.17, 15) is 0 Å². The molecule has 62 valence electrons. The second kappa shape index (κ2) is 2.32. The van der Waals surface area contributed by atoms with Crippen LogP contribution in [0.1, 0.15) is 12.8 Å². The van der Waals surface area contributed by atoms with Crippen molar-refractivity contribution in [3.63, 3.8) is 0 Å². The van der Waals surface area contributed by atoms with Gasteiger partial charge in [0.2, 0.25) is 0 Å². The van der Waals surface area contributed by atoms with Crippen LogP contribution in [0.2, 0.25) is 0 Å². The first-order valence-electron chi connectivity index (χ1n) is 4.22. The summed E-state index contributed by atoms with van der Waals surface area (Å²) in [6.07, 6.45) is 6.42. The molecule has 2 heteroatoms. The second-order valence-corrected chi connectivity index (χ2v) is 3.71. The summed E-state index contributed by atoms with van der Waals surface area (Å²) < 4.78 is 0. The zero-order valence-electron chi connectivity index (χ0n) is 6.53. The molecule has 2 nitrogen and oxygen atoms in total. The lowest BCUT2D eigenvalue weighted by Gasteiger charge is -2.08. The zero-order chi connectivity index (χ0) is 7.90. The quantitative estimate of drug-likeness (QED) is 0.570. The van der Waals surface area contributed by atoms with Crippen LogP contribution >= 0.6 is 0 Å². The number of aliphatic hydroxyl groups is 2. The monoisotopic (exact) mass is 154 g/mol. The van der Waals surface area contributed by atoms with Crippen LogP contribution in [0.3, 0.4) is 0 Å². The van der Waals surface area contributed by atoms with Gasteiger partial charge in [-0.25, -0.2) is 0 Å². The molecule has 2 aliphatic rings. The standard InChI is InChI=1S/C9H14O2/c10-5-9(6-11)7-3-1-2-4-8(7)9/h1-2,7-8,10-11H,3-6H2. The second-order valence-electron chi connectivity index (χ2n) is 3.71. The van der Waals surface area contributed by atoms with Gasteiger partial charge in [-0.05, 0) is 24.7 Å². The minimum absolute atomic E-state index is 0.122. The van der Waals surface area contributed by atoms with Crippen molar-refractivity contribution in [2.45, 2.75) is 12.8 Å². The van der Waals surface area contributed by atoms with Crippen LogP contribution in [-0.4, -0.2) is 23.4 Å². The van der Waals surface area contributed by atoms with Crippen LogP contribution in [-0.2, 0) is 0 Å².